The van der Waals surface area contributed by atoms with Crippen molar-refractivity contribution in [3.63, 3.8) is 0 Å². The van der Waals surface area contributed by atoms with Crippen molar-refractivity contribution in [2.24, 2.45) is 0 Å². The van der Waals surface area contributed by atoms with Crippen LogP contribution in [0.25, 0.3) is 11.5 Å². The second kappa shape index (κ2) is 8.44. The fourth-order valence-electron chi connectivity index (χ4n) is 2.01. The van der Waals surface area contributed by atoms with E-state index in [0.717, 1.165) is 5.56 Å². The molecule has 7 heteroatoms. The highest BCUT2D eigenvalue weighted by atomic mass is 16.5. The second-order valence-corrected chi connectivity index (χ2v) is 5.92. The van der Waals surface area contributed by atoms with E-state index in [1.165, 1.54) is 0 Å². The average Bonchev–Trinajstić information content (AvgIpc) is 3.05. The van der Waals surface area contributed by atoms with Gasteiger partial charge in [-0.2, -0.15) is 4.98 Å². The molecule has 130 valence electrons. The first-order valence-corrected chi connectivity index (χ1v) is 8.16. The number of aromatic nitrogens is 2. The molecule has 2 rings (SSSR count). The molecule has 1 aromatic carbocycles. The van der Waals surface area contributed by atoms with Gasteiger partial charge in [0.05, 0.1) is 6.10 Å². The van der Waals surface area contributed by atoms with Crippen LogP contribution < -0.4 is 10.6 Å². The van der Waals surface area contributed by atoms with E-state index in [1.54, 1.807) is 12.1 Å². The molecule has 1 unspecified atom stereocenters. The topological polar surface area (TPSA) is 100 Å². The van der Waals surface area contributed by atoms with Crippen LogP contribution in [0, 0.1) is 0 Å². The summed E-state index contributed by atoms with van der Waals surface area (Å²) < 4.78 is 5.23. The van der Waals surface area contributed by atoms with Gasteiger partial charge in [-0.05, 0) is 37.1 Å². The van der Waals surface area contributed by atoms with Crippen LogP contribution in [0.15, 0.2) is 28.8 Å². The molecule has 1 atom stereocenters. The molecule has 0 fully saturated rings. The Morgan fingerprint density at radius 2 is 2.00 bits per heavy atom. The predicted octanol–water partition coefficient (Wildman–Crippen LogP) is 3.14. The lowest BCUT2D eigenvalue weighted by Gasteiger charge is -2.10. The molecule has 24 heavy (non-hydrogen) atoms. The van der Waals surface area contributed by atoms with Gasteiger partial charge in [0, 0.05) is 23.7 Å². The minimum absolute atomic E-state index is 0.207. The van der Waals surface area contributed by atoms with Gasteiger partial charge in [0.15, 0.2) is 5.82 Å². The molecule has 0 saturated heterocycles. The molecular formula is C17H24N4O3. The first-order valence-electron chi connectivity index (χ1n) is 8.16. The number of carbonyl (C=O) groups excluding carboxylic acids is 1. The van der Waals surface area contributed by atoms with Gasteiger partial charge in [-0.25, -0.2) is 4.79 Å². The molecule has 0 spiro atoms. The average molecular weight is 332 g/mol. The van der Waals surface area contributed by atoms with Gasteiger partial charge in [-0.3, -0.25) is 0 Å². The molecule has 2 amide bonds. The molecule has 1 aromatic heterocycles. The molecule has 3 N–H and O–H groups in total. The van der Waals surface area contributed by atoms with Crippen LogP contribution in [0.1, 0.15) is 45.4 Å². The highest BCUT2D eigenvalue weighted by molar-refractivity contribution is 5.89. The van der Waals surface area contributed by atoms with Crippen molar-refractivity contribution in [3.05, 3.63) is 30.1 Å². The van der Waals surface area contributed by atoms with Crippen LogP contribution in [-0.4, -0.2) is 33.9 Å². The smallest absolute Gasteiger partial charge is 0.319 e. The molecule has 7 nitrogen and oxygen atoms in total. The SMILES string of the molecule is CCC(O)CCNC(=O)Nc1ccc(-c2nc(C(C)C)no2)cc1. The van der Waals surface area contributed by atoms with Crippen LogP contribution in [-0.2, 0) is 0 Å². The quantitative estimate of drug-likeness (QED) is 0.723. The summed E-state index contributed by atoms with van der Waals surface area (Å²) in [4.78, 5) is 16.1. The Kier molecular flexibility index (Phi) is 6.31. The van der Waals surface area contributed by atoms with E-state index in [0.29, 0.717) is 36.8 Å². The van der Waals surface area contributed by atoms with Crippen LogP contribution in [0.4, 0.5) is 10.5 Å². The normalized spacial score (nSPS) is 12.2. The van der Waals surface area contributed by atoms with Crippen molar-refractivity contribution in [1.29, 1.82) is 0 Å². The number of aliphatic hydroxyl groups is 1. The maximum absolute atomic E-state index is 11.8. The van der Waals surface area contributed by atoms with Gasteiger partial charge >= 0.3 is 6.03 Å². The van der Waals surface area contributed by atoms with Gasteiger partial charge in [0.1, 0.15) is 0 Å². The van der Waals surface area contributed by atoms with Gasteiger partial charge in [-0.1, -0.05) is 25.9 Å². The second-order valence-electron chi connectivity index (χ2n) is 5.92. The summed E-state index contributed by atoms with van der Waals surface area (Å²) in [6, 6.07) is 6.87. The summed E-state index contributed by atoms with van der Waals surface area (Å²) in [6.45, 7) is 6.33. The maximum Gasteiger partial charge on any atom is 0.319 e. The standard InChI is InChI=1S/C17H24N4O3/c1-4-14(22)9-10-18-17(23)19-13-7-5-12(6-8-13)16-20-15(11(2)3)21-24-16/h5-8,11,14,22H,4,9-10H2,1-3H3,(H2,18,19,23). The lowest BCUT2D eigenvalue weighted by atomic mass is 10.2. The fraction of sp³-hybridized carbons (Fsp3) is 0.471. The van der Waals surface area contributed by atoms with Crippen molar-refractivity contribution in [2.45, 2.75) is 45.6 Å². The monoisotopic (exact) mass is 332 g/mol. The van der Waals surface area contributed by atoms with Crippen molar-refractivity contribution in [1.82, 2.24) is 15.5 Å². The number of rotatable bonds is 7. The summed E-state index contributed by atoms with van der Waals surface area (Å²) in [6.07, 6.45) is 0.840. The van der Waals surface area contributed by atoms with Crippen molar-refractivity contribution >= 4 is 11.7 Å². The number of nitrogens with one attached hydrogen (secondary N) is 2. The summed E-state index contributed by atoms with van der Waals surface area (Å²) in [7, 11) is 0. The zero-order chi connectivity index (χ0) is 17.5. The number of urea groups is 1. The van der Waals surface area contributed by atoms with E-state index in [-0.39, 0.29) is 18.1 Å². The Morgan fingerprint density at radius 1 is 1.29 bits per heavy atom. The van der Waals surface area contributed by atoms with E-state index < -0.39 is 0 Å². The molecule has 0 radical (unpaired) electrons. The molecule has 0 bridgehead atoms. The number of hydrogen-bond acceptors (Lipinski definition) is 5. The lowest BCUT2D eigenvalue weighted by Crippen LogP contribution is -2.31. The van der Waals surface area contributed by atoms with E-state index in [1.807, 2.05) is 32.9 Å². The Labute approximate surface area is 141 Å². The van der Waals surface area contributed by atoms with Crippen LogP contribution in [0.3, 0.4) is 0 Å². The number of amides is 2. The molecule has 0 aliphatic carbocycles. The number of benzene rings is 1. The zero-order valence-corrected chi connectivity index (χ0v) is 14.2. The minimum atomic E-state index is -0.380. The van der Waals surface area contributed by atoms with E-state index in [4.69, 9.17) is 4.52 Å². The summed E-state index contributed by atoms with van der Waals surface area (Å²) in [5.74, 6) is 1.34. The first-order chi connectivity index (χ1) is 11.5. The van der Waals surface area contributed by atoms with Crippen molar-refractivity contribution in [2.75, 3.05) is 11.9 Å². The predicted molar refractivity (Wildman–Crippen MR) is 91.8 cm³/mol. The molecule has 0 aliphatic rings. The van der Waals surface area contributed by atoms with Crippen LogP contribution in [0.2, 0.25) is 0 Å². The molecular weight excluding hydrogens is 308 g/mol. The third kappa shape index (κ3) is 5.06. The number of anilines is 1. The van der Waals surface area contributed by atoms with E-state index >= 15 is 0 Å². The third-order valence-electron chi connectivity index (χ3n) is 3.58. The van der Waals surface area contributed by atoms with Crippen molar-refractivity contribution in [3.8, 4) is 11.5 Å². The van der Waals surface area contributed by atoms with E-state index in [9.17, 15) is 9.90 Å². The summed E-state index contributed by atoms with van der Waals surface area (Å²) >= 11 is 0. The molecule has 2 aromatic rings. The largest absolute Gasteiger partial charge is 0.393 e. The van der Waals surface area contributed by atoms with Crippen LogP contribution in [0.5, 0.6) is 0 Å². The maximum atomic E-state index is 11.8. The van der Waals surface area contributed by atoms with E-state index in [2.05, 4.69) is 20.8 Å². The number of hydrogen-bond donors (Lipinski definition) is 3. The first kappa shape index (κ1) is 17.9. The number of aliphatic hydroxyl groups excluding tert-OH is 1. The zero-order valence-electron chi connectivity index (χ0n) is 14.2. The van der Waals surface area contributed by atoms with Gasteiger partial charge in [0.25, 0.3) is 5.89 Å². The number of carbonyl (C=O) groups is 1. The lowest BCUT2D eigenvalue weighted by molar-refractivity contribution is 0.160. The van der Waals surface area contributed by atoms with Gasteiger partial charge in [0.2, 0.25) is 0 Å². The summed E-state index contributed by atoms with van der Waals surface area (Å²) in [5.41, 5.74) is 1.46. The third-order valence-corrected chi connectivity index (χ3v) is 3.58. The summed E-state index contributed by atoms with van der Waals surface area (Å²) in [5, 5.41) is 18.8. The molecule has 0 aliphatic heterocycles. The van der Waals surface area contributed by atoms with Gasteiger partial charge in [-0.15, -0.1) is 0 Å². The Balaban J connectivity index is 1.88. The minimum Gasteiger partial charge on any atom is -0.393 e. The molecule has 0 saturated carbocycles. The fourth-order valence-corrected chi connectivity index (χ4v) is 2.01. The van der Waals surface area contributed by atoms with Crippen LogP contribution >= 0.6 is 0 Å². The molecule has 1 heterocycles. The number of nitrogens with zero attached hydrogens (tertiary/aromatic N) is 2. The Bertz CT molecular complexity index is 652. The highest BCUT2D eigenvalue weighted by Crippen LogP contribution is 2.21. The van der Waals surface area contributed by atoms with Gasteiger partial charge < -0.3 is 20.3 Å². The Morgan fingerprint density at radius 3 is 2.58 bits per heavy atom. The van der Waals surface area contributed by atoms with Crippen molar-refractivity contribution < 1.29 is 14.4 Å². The Hall–Kier alpha value is -2.41. The highest BCUT2D eigenvalue weighted by Gasteiger charge is 2.11.